The SMILES string of the molecule is Cc1ccc(S(=O)(=O)n2cc(C3=C(c4cn(C)c5ccccc45)C(=O)N(C)C3=O)c3ccccc32)cc1. The molecule has 3 aromatic carbocycles. The molecule has 0 atom stereocenters. The minimum atomic E-state index is -3.97. The third kappa shape index (κ3) is 3.29. The fraction of sp³-hybridized carbons (Fsp3) is 0.103. The Morgan fingerprint density at radius 1 is 0.649 bits per heavy atom. The summed E-state index contributed by atoms with van der Waals surface area (Å²) in [5.74, 6) is -0.891. The monoisotopic (exact) mass is 509 g/mol. The Kier molecular flexibility index (Phi) is 5.00. The Morgan fingerprint density at radius 3 is 1.78 bits per heavy atom. The highest BCUT2D eigenvalue weighted by Crippen LogP contribution is 2.41. The Balaban J connectivity index is 1.67. The molecule has 0 unspecified atom stereocenters. The van der Waals surface area contributed by atoms with E-state index in [2.05, 4.69) is 0 Å². The van der Waals surface area contributed by atoms with Crippen LogP contribution >= 0.6 is 0 Å². The van der Waals surface area contributed by atoms with E-state index in [0.717, 1.165) is 21.4 Å². The number of carbonyl (C=O) groups excluding carboxylic acids is 2. The lowest BCUT2D eigenvalue weighted by Crippen LogP contribution is -2.26. The normalized spacial score (nSPS) is 14.5. The molecule has 1 aliphatic rings. The number of benzene rings is 3. The molecule has 37 heavy (non-hydrogen) atoms. The molecule has 0 aliphatic carbocycles. The maximum Gasteiger partial charge on any atom is 0.268 e. The third-order valence-electron chi connectivity index (χ3n) is 6.98. The van der Waals surface area contributed by atoms with Gasteiger partial charge in [-0.25, -0.2) is 12.4 Å². The van der Waals surface area contributed by atoms with Gasteiger partial charge in [0.05, 0.1) is 21.6 Å². The van der Waals surface area contributed by atoms with Crippen LogP contribution < -0.4 is 0 Å². The molecule has 0 radical (unpaired) electrons. The van der Waals surface area contributed by atoms with Crippen molar-refractivity contribution in [2.75, 3.05) is 7.05 Å². The van der Waals surface area contributed by atoms with Crippen LogP contribution in [0.3, 0.4) is 0 Å². The van der Waals surface area contributed by atoms with Gasteiger partial charge in [0.1, 0.15) is 0 Å². The van der Waals surface area contributed by atoms with Crippen molar-refractivity contribution in [2.24, 2.45) is 7.05 Å². The van der Waals surface area contributed by atoms with Gasteiger partial charge in [-0.15, -0.1) is 0 Å². The number of amides is 2. The molecular formula is C29H23N3O4S. The van der Waals surface area contributed by atoms with Crippen molar-refractivity contribution >= 4 is 54.8 Å². The molecule has 0 spiro atoms. The molecule has 184 valence electrons. The van der Waals surface area contributed by atoms with E-state index in [9.17, 15) is 18.0 Å². The number of hydrogen-bond acceptors (Lipinski definition) is 4. The fourth-order valence-electron chi connectivity index (χ4n) is 5.05. The second-order valence-electron chi connectivity index (χ2n) is 9.26. The first-order valence-corrected chi connectivity index (χ1v) is 13.2. The largest absolute Gasteiger partial charge is 0.350 e. The van der Waals surface area contributed by atoms with Crippen molar-refractivity contribution in [3.05, 3.63) is 102 Å². The third-order valence-corrected chi connectivity index (χ3v) is 8.67. The number of likely N-dealkylation sites (N-methyl/N-ethyl adjacent to an activating group) is 1. The summed E-state index contributed by atoms with van der Waals surface area (Å²) in [6.45, 7) is 1.89. The molecule has 0 fully saturated rings. The topological polar surface area (TPSA) is 81.4 Å². The molecule has 1 aliphatic heterocycles. The molecule has 0 saturated heterocycles. The fourth-order valence-corrected chi connectivity index (χ4v) is 6.42. The van der Waals surface area contributed by atoms with Gasteiger partial charge in [0.2, 0.25) is 0 Å². The van der Waals surface area contributed by atoms with Gasteiger partial charge in [-0.2, -0.15) is 0 Å². The highest BCUT2D eigenvalue weighted by atomic mass is 32.2. The minimum Gasteiger partial charge on any atom is -0.350 e. The smallest absolute Gasteiger partial charge is 0.268 e. The molecule has 2 amide bonds. The lowest BCUT2D eigenvalue weighted by molar-refractivity contribution is -0.134. The standard InChI is InChI=1S/C29H23N3O4S/c1-18-12-14-19(15-13-18)37(35,36)32-17-23(21-9-5-7-11-25(21)32)27-26(28(33)31(3)29(27)34)22-16-30(2)24-10-6-4-8-20(22)24/h4-17H,1-3H3. The zero-order chi connectivity index (χ0) is 26.1. The first-order chi connectivity index (χ1) is 17.7. The first-order valence-electron chi connectivity index (χ1n) is 11.7. The maximum absolute atomic E-state index is 13.7. The summed E-state index contributed by atoms with van der Waals surface area (Å²) in [4.78, 5) is 28.2. The van der Waals surface area contributed by atoms with Crippen LogP contribution in [0, 0.1) is 6.92 Å². The molecule has 0 bridgehead atoms. The van der Waals surface area contributed by atoms with Crippen LogP contribution in [-0.4, -0.2) is 40.7 Å². The number of fused-ring (bicyclic) bond motifs is 2. The predicted molar refractivity (Wildman–Crippen MR) is 143 cm³/mol. The molecule has 6 rings (SSSR count). The van der Waals surface area contributed by atoms with Crippen LogP contribution in [0.1, 0.15) is 16.7 Å². The zero-order valence-corrected chi connectivity index (χ0v) is 21.3. The maximum atomic E-state index is 13.7. The van der Waals surface area contributed by atoms with Gasteiger partial charge in [0, 0.05) is 53.9 Å². The van der Waals surface area contributed by atoms with E-state index in [-0.39, 0.29) is 16.0 Å². The van der Waals surface area contributed by atoms with E-state index >= 15 is 0 Å². The molecule has 2 aromatic heterocycles. The Labute approximate surface area is 213 Å². The lowest BCUT2D eigenvalue weighted by Gasteiger charge is -2.07. The second kappa shape index (κ2) is 8.04. The summed E-state index contributed by atoms with van der Waals surface area (Å²) in [7, 11) is -0.633. The van der Waals surface area contributed by atoms with Crippen molar-refractivity contribution in [3.8, 4) is 0 Å². The second-order valence-corrected chi connectivity index (χ2v) is 11.1. The van der Waals surface area contributed by atoms with Crippen LogP contribution in [0.4, 0.5) is 0 Å². The van der Waals surface area contributed by atoms with E-state index in [1.807, 2.05) is 49.0 Å². The number of aromatic nitrogens is 2. The van der Waals surface area contributed by atoms with Crippen molar-refractivity contribution in [2.45, 2.75) is 11.8 Å². The molecular weight excluding hydrogens is 486 g/mol. The summed E-state index contributed by atoms with van der Waals surface area (Å²) >= 11 is 0. The van der Waals surface area contributed by atoms with Gasteiger partial charge in [-0.05, 0) is 31.2 Å². The lowest BCUT2D eigenvalue weighted by atomic mass is 9.95. The minimum absolute atomic E-state index is 0.139. The summed E-state index contributed by atoms with van der Waals surface area (Å²) in [5, 5.41) is 1.41. The van der Waals surface area contributed by atoms with Crippen LogP contribution in [0.5, 0.6) is 0 Å². The number of rotatable bonds is 4. The van der Waals surface area contributed by atoms with E-state index < -0.39 is 21.8 Å². The number of nitrogens with zero attached hydrogens (tertiary/aromatic N) is 3. The van der Waals surface area contributed by atoms with Crippen molar-refractivity contribution < 1.29 is 18.0 Å². The average molecular weight is 510 g/mol. The molecule has 7 nitrogen and oxygen atoms in total. The van der Waals surface area contributed by atoms with E-state index in [0.29, 0.717) is 22.0 Å². The summed E-state index contributed by atoms with van der Waals surface area (Å²) in [6, 6.07) is 21.3. The number of imide groups is 1. The number of para-hydroxylation sites is 2. The molecule has 0 N–H and O–H groups in total. The predicted octanol–water partition coefficient (Wildman–Crippen LogP) is 4.59. The van der Waals surface area contributed by atoms with E-state index in [1.165, 1.54) is 17.2 Å². The molecule has 5 aromatic rings. The quantitative estimate of drug-likeness (QED) is 0.332. The summed E-state index contributed by atoms with van der Waals surface area (Å²) in [5.41, 5.74) is 3.78. The van der Waals surface area contributed by atoms with E-state index in [1.54, 1.807) is 48.5 Å². The molecule has 3 heterocycles. The van der Waals surface area contributed by atoms with Gasteiger partial charge < -0.3 is 4.57 Å². The van der Waals surface area contributed by atoms with Crippen molar-refractivity contribution in [3.63, 3.8) is 0 Å². The zero-order valence-electron chi connectivity index (χ0n) is 20.5. The highest BCUT2D eigenvalue weighted by Gasteiger charge is 2.40. The summed E-state index contributed by atoms with van der Waals surface area (Å²) in [6.07, 6.45) is 3.30. The molecule has 8 heteroatoms. The van der Waals surface area contributed by atoms with Gasteiger partial charge in [-0.3, -0.25) is 14.5 Å². The number of aryl methyl sites for hydroxylation is 2. The first kappa shape index (κ1) is 23.0. The van der Waals surface area contributed by atoms with Crippen LogP contribution in [-0.2, 0) is 26.7 Å². The Bertz CT molecular complexity index is 1910. The van der Waals surface area contributed by atoms with Crippen LogP contribution in [0.2, 0.25) is 0 Å². The number of carbonyl (C=O) groups is 2. The highest BCUT2D eigenvalue weighted by molar-refractivity contribution is 7.90. The van der Waals surface area contributed by atoms with Gasteiger partial charge in [-0.1, -0.05) is 54.1 Å². The van der Waals surface area contributed by atoms with Crippen LogP contribution in [0.15, 0.2) is 90.1 Å². The summed E-state index contributed by atoms with van der Waals surface area (Å²) < 4.78 is 30.5. The van der Waals surface area contributed by atoms with Gasteiger partial charge in [0.15, 0.2) is 0 Å². The van der Waals surface area contributed by atoms with Gasteiger partial charge in [0.25, 0.3) is 21.8 Å². The Morgan fingerprint density at radius 2 is 1.16 bits per heavy atom. The van der Waals surface area contributed by atoms with Crippen LogP contribution in [0.25, 0.3) is 33.0 Å². The van der Waals surface area contributed by atoms with Crippen molar-refractivity contribution in [1.82, 2.24) is 13.4 Å². The Hall–Kier alpha value is -4.43. The van der Waals surface area contributed by atoms with Crippen molar-refractivity contribution in [1.29, 1.82) is 0 Å². The molecule has 0 saturated carbocycles. The number of hydrogen-bond donors (Lipinski definition) is 0. The average Bonchev–Trinajstić information content (AvgIpc) is 3.51. The van der Waals surface area contributed by atoms with Gasteiger partial charge >= 0.3 is 0 Å². The van der Waals surface area contributed by atoms with E-state index in [4.69, 9.17) is 0 Å².